The molecule has 1 amide bonds. The smallest absolute Gasteiger partial charge is 0.231 e. The summed E-state index contributed by atoms with van der Waals surface area (Å²) in [5.41, 5.74) is 10.4. The average molecular weight is 246 g/mol. The fourth-order valence-electron chi connectivity index (χ4n) is 2.52. The third-order valence-corrected chi connectivity index (χ3v) is 3.73. The van der Waals surface area contributed by atoms with Crippen molar-refractivity contribution in [1.82, 2.24) is 0 Å². The molecule has 1 heterocycles. The summed E-state index contributed by atoms with van der Waals surface area (Å²) >= 11 is 0. The molecule has 0 fully saturated rings. The van der Waals surface area contributed by atoms with Crippen LogP contribution in [0.15, 0.2) is 12.1 Å². The molecule has 1 aliphatic rings. The lowest BCUT2D eigenvalue weighted by Crippen LogP contribution is -2.09. The zero-order valence-electron chi connectivity index (χ0n) is 11.3. The number of fused-ring (bicyclic) bond motifs is 1. The lowest BCUT2D eigenvalue weighted by Gasteiger charge is -2.11. The number of aryl methyl sites for hydroxylation is 2. The highest BCUT2D eigenvalue weighted by Gasteiger charge is 2.28. The molecule has 1 aromatic carbocycles. The molecule has 3 heteroatoms. The predicted molar refractivity (Wildman–Crippen MR) is 74.9 cm³/mol. The molecule has 0 saturated carbocycles. The topological polar surface area (TPSA) is 55.1 Å². The molecule has 0 radical (unpaired) electrons. The summed E-state index contributed by atoms with van der Waals surface area (Å²) in [6.45, 7) is 4.86. The standard InChI is InChI=1S/C15H22N2O/c1-3-11-8-12(6-4-5-7-16)14-13(9-11)10(2)15(18)17-14/h8-10H,3-7,16H2,1-2H3,(H,17,18). The Hall–Kier alpha value is -1.35. The number of benzene rings is 1. The van der Waals surface area contributed by atoms with Gasteiger partial charge < -0.3 is 11.1 Å². The number of hydrogen-bond donors (Lipinski definition) is 2. The molecular formula is C15H22N2O. The van der Waals surface area contributed by atoms with Gasteiger partial charge in [-0.05, 0) is 55.8 Å². The zero-order chi connectivity index (χ0) is 13.1. The van der Waals surface area contributed by atoms with Gasteiger partial charge in [0.1, 0.15) is 0 Å². The molecule has 0 aromatic heterocycles. The van der Waals surface area contributed by atoms with Gasteiger partial charge in [0.2, 0.25) is 5.91 Å². The minimum atomic E-state index is -0.0141. The van der Waals surface area contributed by atoms with Gasteiger partial charge >= 0.3 is 0 Å². The Labute approximate surface area is 109 Å². The van der Waals surface area contributed by atoms with Gasteiger partial charge in [0.15, 0.2) is 0 Å². The summed E-state index contributed by atoms with van der Waals surface area (Å²) in [6, 6.07) is 4.40. The number of carbonyl (C=O) groups is 1. The molecule has 3 nitrogen and oxygen atoms in total. The van der Waals surface area contributed by atoms with Crippen LogP contribution in [-0.4, -0.2) is 12.5 Å². The van der Waals surface area contributed by atoms with Crippen LogP contribution in [0.4, 0.5) is 5.69 Å². The van der Waals surface area contributed by atoms with Gasteiger partial charge in [0.05, 0.1) is 5.92 Å². The SMILES string of the molecule is CCc1cc(CCCCN)c2c(c1)C(C)C(=O)N2. The zero-order valence-corrected chi connectivity index (χ0v) is 11.3. The quantitative estimate of drug-likeness (QED) is 0.785. The maximum atomic E-state index is 11.8. The van der Waals surface area contributed by atoms with Gasteiger partial charge in [-0.1, -0.05) is 19.1 Å². The number of anilines is 1. The van der Waals surface area contributed by atoms with E-state index in [1.54, 1.807) is 0 Å². The first-order chi connectivity index (χ1) is 8.67. The highest BCUT2D eigenvalue weighted by atomic mass is 16.2. The summed E-state index contributed by atoms with van der Waals surface area (Å²) in [5, 5.41) is 3.02. The van der Waals surface area contributed by atoms with Crippen LogP contribution in [0.3, 0.4) is 0 Å². The van der Waals surface area contributed by atoms with Crippen molar-refractivity contribution in [1.29, 1.82) is 0 Å². The van der Waals surface area contributed by atoms with Crippen molar-refractivity contribution in [3.05, 3.63) is 28.8 Å². The van der Waals surface area contributed by atoms with Crippen LogP contribution < -0.4 is 11.1 Å². The Morgan fingerprint density at radius 1 is 1.33 bits per heavy atom. The molecule has 0 aliphatic carbocycles. The Kier molecular flexibility index (Phi) is 4.02. The lowest BCUT2D eigenvalue weighted by atomic mass is 9.94. The number of rotatable bonds is 5. The van der Waals surface area contributed by atoms with Crippen molar-refractivity contribution in [2.24, 2.45) is 5.73 Å². The Morgan fingerprint density at radius 3 is 2.78 bits per heavy atom. The van der Waals surface area contributed by atoms with Crippen LogP contribution in [-0.2, 0) is 17.6 Å². The van der Waals surface area contributed by atoms with Crippen molar-refractivity contribution < 1.29 is 4.79 Å². The van der Waals surface area contributed by atoms with Gasteiger partial charge in [-0.3, -0.25) is 4.79 Å². The number of nitrogens with two attached hydrogens (primary N) is 1. The second kappa shape index (κ2) is 5.53. The predicted octanol–water partition coefficient (Wildman–Crippen LogP) is 2.59. The van der Waals surface area contributed by atoms with Crippen LogP contribution >= 0.6 is 0 Å². The summed E-state index contributed by atoms with van der Waals surface area (Å²) in [7, 11) is 0. The van der Waals surface area contributed by atoms with Crippen LogP contribution in [0, 0.1) is 0 Å². The molecule has 1 unspecified atom stereocenters. The van der Waals surface area contributed by atoms with Gasteiger partial charge in [0.25, 0.3) is 0 Å². The number of carbonyl (C=O) groups excluding carboxylic acids is 1. The monoisotopic (exact) mass is 246 g/mol. The van der Waals surface area contributed by atoms with E-state index < -0.39 is 0 Å². The summed E-state index contributed by atoms with van der Waals surface area (Å²) in [5.74, 6) is 0.109. The fraction of sp³-hybridized carbons (Fsp3) is 0.533. The van der Waals surface area contributed by atoms with E-state index in [9.17, 15) is 4.79 Å². The van der Waals surface area contributed by atoms with Crippen LogP contribution in [0.1, 0.15) is 49.3 Å². The third kappa shape index (κ3) is 2.41. The van der Waals surface area contributed by atoms with Gasteiger partial charge in [-0.15, -0.1) is 0 Å². The molecule has 3 N–H and O–H groups in total. The van der Waals surface area contributed by atoms with E-state index >= 15 is 0 Å². The van der Waals surface area contributed by atoms with Crippen LogP contribution in [0.5, 0.6) is 0 Å². The minimum Gasteiger partial charge on any atom is -0.330 e. The van der Waals surface area contributed by atoms with E-state index in [1.807, 2.05) is 6.92 Å². The number of hydrogen-bond acceptors (Lipinski definition) is 2. The van der Waals surface area contributed by atoms with E-state index in [1.165, 1.54) is 16.7 Å². The second-order valence-corrected chi connectivity index (χ2v) is 5.03. The van der Waals surface area contributed by atoms with Gasteiger partial charge in [-0.25, -0.2) is 0 Å². The van der Waals surface area contributed by atoms with Crippen molar-refractivity contribution in [2.45, 2.75) is 45.4 Å². The Bertz CT molecular complexity index is 454. The van der Waals surface area contributed by atoms with E-state index in [-0.39, 0.29) is 11.8 Å². The first-order valence-corrected chi connectivity index (χ1v) is 6.84. The Morgan fingerprint density at radius 2 is 2.11 bits per heavy atom. The molecule has 2 rings (SSSR count). The first-order valence-electron chi connectivity index (χ1n) is 6.84. The van der Waals surface area contributed by atoms with Gasteiger partial charge in [-0.2, -0.15) is 0 Å². The summed E-state index contributed by atoms with van der Waals surface area (Å²) < 4.78 is 0. The number of unbranched alkanes of at least 4 members (excludes halogenated alkanes) is 1. The van der Waals surface area contributed by atoms with E-state index in [4.69, 9.17) is 5.73 Å². The normalized spacial score (nSPS) is 17.7. The number of nitrogens with one attached hydrogen (secondary N) is 1. The molecule has 1 aliphatic heterocycles. The molecule has 98 valence electrons. The Balaban J connectivity index is 2.31. The van der Waals surface area contributed by atoms with E-state index in [0.717, 1.165) is 37.9 Å². The van der Waals surface area contributed by atoms with Crippen LogP contribution in [0.2, 0.25) is 0 Å². The molecule has 0 bridgehead atoms. The molecular weight excluding hydrogens is 224 g/mol. The summed E-state index contributed by atoms with van der Waals surface area (Å²) in [4.78, 5) is 11.8. The maximum absolute atomic E-state index is 11.8. The van der Waals surface area contributed by atoms with E-state index in [2.05, 4.69) is 24.4 Å². The highest BCUT2D eigenvalue weighted by molar-refractivity contribution is 6.03. The van der Waals surface area contributed by atoms with Crippen molar-refractivity contribution >= 4 is 11.6 Å². The maximum Gasteiger partial charge on any atom is 0.231 e. The fourth-order valence-corrected chi connectivity index (χ4v) is 2.52. The molecule has 1 aromatic rings. The lowest BCUT2D eigenvalue weighted by molar-refractivity contribution is -0.116. The van der Waals surface area contributed by atoms with Crippen molar-refractivity contribution in [2.75, 3.05) is 11.9 Å². The first kappa shape index (κ1) is 13.1. The largest absolute Gasteiger partial charge is 0.330 e. The average Bonchev–Trinajstić information content (AvgIpc) is 2.66. The molecule has 0 spiro atoms. The highest BCUT2D eigenvalue weighted by Crippen LogP contribution is 2.36. The molecule has 1 atom stereocenters. The number of amides is 1. The second-order valence-electron chi connectivity index (χ2n) is 5.03. The molecule has 18 heavy (non-hydrogen) atoms. The van der Waals surface area contributed by atoms with Crippen molar-refractivity contribution in [3.8, 4) is 0 Å². The van der Waals surface area contributed by atoms with Crippen LogP contribution in [0.25, 0.3) is 0 Å². The van der Waals surface area contributed by atoms with E-state index in [0.29, 0.717) is 0 Å². The summed E-state index contributed by atoms with van der Waals surface area (Å²) in [6.07, 6.45) is 4.13. The van der Waals surface area contributed by atoms with Gasteiger partial charge in [0, 0.05) is 5.69 Å². The third-order valence-electron chi connectivity index (χ3n) is 3.73. The molecule has 0 saturated heterocycles. The minimum absolute atomic E-state index is 0.0141. The van der Waals surface area contributed by atoms with Crippen molar-refractivity contribution in [3.63, 3.8) is 0 Å².